The monoisotopic (exact) mass is 335 g/mol. The molecule has 23 heavy (non-hydrogen) atoms. The van der Waals surface area contributed by atoms with Crippen LogP contribution >= 0.6 is 11.8 Å². The van der Waals surface area contributed by atoms with Gasteiger partial charge in [-0.15, -0.1) is 0 Å². The summed E-state index contributed by atoms with van der Waals surface area (Å²) in [5.41, 5.74) is 1.17. The number of amides is 1. The van der Waals surface area contributed by atoms with Crippen LogP contribution in [-0.4, -0.2) is 18.3 Å². The van der Waals surface area contributed by atoms with E-state index in [0.29, 0.717) is 24.8 Å². The van der Waals surface area contributed by atoms with Gasteiger partial charge in [0.05, 0.1) is 18.2 Å². The number of carbonyl (C=O) groups excluding carboxylic acids is 1. The van der Waals surface area contributed by atoms with Crippen molar-refractivity contribution in [3.8, 4) is 5.75 Å². The molecule has 1 aliphatic rings. The van der Waals surface area contributed by atoms with Crippen LogP contribution in [-0.2, 0) is 0 Å². The first kappa shape index (κ1) is 15.8. The molecule has 0 spiro atoms. The average molecular weight is 335 g/mol. The minimum Gasteiger partial charge on any atom is -0.493 e. The Morgan fingerprint density at radius 3 is 2.74 bits per heavy atom. The van der Waals surface area contributed by atoms with Crippen molar-refractivity contribution in [3.63, 3.8) is 0 Å². The summed E-state index contributed by atoms with van der Waals surface area (Å²) in [6.07, 6.45) is 0.646. The molecule has 1 amide bonds. The van der Waals surface area contributed by atoms with Crippen LogP contribution in [0.25, 0.3) is 0 Å². The number of nitrogens with one attached hydrogen (secondary N) is 1. The van der Waals surface area contributed by atoms with Gasteiger partial charge in [-0.2, -0.15) is 8.78 Å². The third kappa shape index (κ3) is 3.64. The van der Waals surface area contributed by atoms with Gasteiger partial charge in [-0.25, -0.2) is 0 Å². The Balaban J connectivity index is 1.81. The molecule has 1 atom stereocenters. The molecule has 0 fully saturated rings. The Morgan fingerprint density at radius 2 is 1.91 bits per heavy atom. The number of carbonyl (C=O) groups is 1. The Bertz CT molecular complexity index is 708. The molecule has 1 N–H and O–H groups in total. The third-order valence-corrected chi connectivity index (χ3v) is 4.40. The van der Waals surface area contributed by atoms with Gasteiger partial charge in [-0.3, -0.25) is 4.79 Å². The van der Waals surface area contributed by atoms with E-state index in [0.717, 1.165) is 11.3 Å². The van der Waals surface area contributed by atoms with Gasteiger partial charge in [-0.1, -0.05) is 42.1 Å². The van der Waals surface area contributed by atoms with Crippen molar-refractivity contribution in [3.05, 3.63) is 59.7 Å². The van der Waals surface area contributed by atoms with Crippen LogP contribution in [0.4, 0.5) is 8.78 Å². The second kappa shape index (κ2) is 7.00. The Kier molecular flexibility index (Phi) is 4.81. The summed E-state index contributed by atoms with van der Waals surface area (Å²) in [4.78, 5) is 12.8. The van der Waals surface area contributed by atoms with Crippen molar-refractivity contribution in [2.24, 2.45) is 0 Å². The van der Waals surface area contributed by atoms with Crippen LogP contribution in [0.5, 0.6) is 5.75 Å². The predicted octanol–water partition coefficient (Wildman–Crippen LogP) is 4.25. The summed E-state index contributed by atoms with van der Waals surface area (Å²) in [5.74, 6) is -2.16. The van der Waals surface area contributed by atoms with E-state index in [1.165, 1.54) is 6.07 Å². The highest BCUT2D eigenvalue weighted by Crippen LogP contribution is 2.33. The van der Waals surface area contributed by atoms with Crippen molar-refractivity contribution < 1.29 is 18.3 Å². The van der Waals surface area contributed by atoms with E-state index in [1.807, 2.05) is 24.3 Å². The highest BCUT2D eigenvalue weighted by Gasteiger charge is 2.24. The maximum Gasteiger partial charge on any atom is 0.288 e. The Labute approximate surface area is 137 Å². The number of alkyl halides is 2. The molecule has 0 aromatic heterocycles. The quantitative estimate of drug-likeness (QED) is 0.849. The van der Waals surface area contributed by atoms with Gasteiger partial charge in [-0.05, 0) is 18.2 Å². The normalized spacial score (nSPS) is 16.6. The van der Waals surface area contributed by atoms with Gasteiger partial charge in [0.1, 0.15) is 5.75 Å². The van der Waals surface area contributed by atoms with Crippen LogP contribution in [0.2, 0.25) is 0 Å². The molecule has 0 saturated heterocycles. The summed E-state index contributed by atoms with van der Waals surface area (Å²) in [5, 5.41) is 2.93. The van der Waals surface area contributed by atoms with E-state index >= 15 is 0 Å². The van der Waals surface area contributed by atoms with Crippen LogP contribution in [0.1, 0.15) is 28.4 Å². The first-order valence-corrected chi connectivity index (χ1v) is 8.09. The van der Waals surface area contributed by atoms with E-state index in [1.54, 1.807) is 18.2 Å². The van der Waals surface area contributed by atoms with Gasteiger partial charge in [0.25, 0.3) is 11.7 Å². The lowest BCUT2D eigenvalue weighted by atomic mass is 10.00. The zero-order valence-electron chi connectivity index (χ0n) is 12.2. The lowest BCUT2D eigenvalue weighted by molar-refractivity contribution is 0.0922. The molecule has 1 heterocycles. The fourth-order valence-corrected chi connectivity index (χ4v) is 3.22. The molecule has 0 saturated carbocycles. The number of hydrogen-bond acceptors (Lipinski definition) is 3. The predicted molar refractivity (Wildman–Crippen MR) is 85.1 cm³/mol. The molecule has 0 bridgehead atoms. The first-order valence-electron chi connectivity index (χ1n) is 7.21. The van der Waals surface area contributed by atoms with Gasteiger partial charge >= 0.3 is 0 Å². The molecule has 3 nitrogen and oxygen atoms in total. The molecule has 3 rings (SSSR count). The molecule has 2 aromatic rings. The van der Waals surface area contributed by atoms with Crippen molar-refractivity contribution in [2.75, 3.05) is 6.61 Å². The highest BCUT2D eigenvalue weighted by atomic mass is 32.2. The molecular formula is C17H15F2NO2S. The van der Waals surface area contributed by atoms with Crippen LogP contribution in [0.3, 0.4) is 0 Å². The van der Waals surface area contributed by atoms with Crippen LogP contribution < -0.4 is 10.1 Å². The Morgan fingerprint density at radius 1 is 1.17 bits per heavy atom. The molecule has 0 radical (unpaired) electrons. The summed E-state index contributed by atoms with van der Waals surface area (Å²) >= 11 is 0.382. The van der Waals surface area contributed by atoms with E-state index in [4.69, 9.17) is 4.74 Å². The summed E-state index contributed by atoms with van der Waals surface area (Å²) in [6, 6.07) is 13.7. The lowest BCUT2D eigenvalue weighted by Gasteiger charge is -2.26. The number of benzene rings is 2. The molecule has 0 aliphatic carbocycles. The molecule has 2 aromatic carbocycles. The lowest BCUT2D eigenvalue weighted by Crippen LogP contribution is -2.32. The minimum absolute atomic E-state index is 0.183. The SMILES string of the molecule is O=C(NC1CCOc2ccccc21)c1ccccc1SC(F)F. The molecule has 120 valence electrons. The maximum atomic E-state index is 12.6. The number of fused-ring (bicyclic) bond motifs is 1. The number of hydrogen-bond donors (Lipinski definition) is 1. The fraction of sp³-hybridized carbons (Fsp3) is 0.235. The zero-order chi connectivity index (χ0) is 16.2. The van der Waals surface area contributed by atoms with E-state index in [2.05, 4.69) is 5.32 Å². The molecule has 1 unspecified atom stereocenters. The summed E-state index contributed by atoms with van der Waals surface area (Å²) < 4.78 is 30.8. The number of rotatable bonds is 4. The van der Waals surface area contributed by atoms with Crippen LogP contribution in [0, 0.1) is 0 Å². The second-order valence-electron chi connectivity index (χ2n) is 5.08. The summed E-state index contributed by atoms with van der Waals surface area (Å²) in [7, 11) is 0. The zero-order valence-corrected chi connectivity index (χ0v) is 13.0. The largest absolute Gasteiger partial charge is 0.493 e. The Hall–Kier alpha value is -2.08. The molecule has 6 heteroatoms. The summed E-state index contributed by atoms with van der Waals surface area (Å²) in [6.45, 7) is 0.509. The topological polar surface area (TPSA) is 38.3 Å². The molecular weight excluding hydrogens is 320 g/mol. The van der Waals surface area contributed by atoms with E-state index in [-0.39, 0.29) is 22.4 Å². The standard InChI is InChI=1S/C17H15F2NO2S/c18-17(19)23-15-8-4-2-6-12(15)16(21)20-13-9-10-22-14-7-3-1-5-11(13)14/h1-8,13,17H,9-10H2,(H,20,21). The average Bonchev–Trinajstić information content (AvgIpc) is 2.55. The maximum absolute atomic E-state index is 12.6. The van der Waals surface area contributed by atoms with E-state index in [9.17, 15) is 13.6 Å². The van der Waals surface area contributed by atoms with Gasteiger partial charge < -0.3 is 10.1 Å². The van der Waals surface area contributed by atoms with Crippen molar-refractivity contribution in [1.82, 2.24) is 5.32 Å². The van der Waals surface area contributed by atoms with Crippen molar-refractivity contribution in [2.45, 2.75) is 23.1 Å². The number of para-hydroxylation sites is 1. The van der Waals surface area contributed by atoms with Gasteiger partial charge in [0, 0.05) is 16.9 Å². The van der Waals surface area contributed by atoms with Crippen molar-refractivity contribution in [1.29, 1.82) is 0 Å². The fourth-order valence-electron chi connectivity index (χ4n) is 2.58. The first-order chi connectivity index (χ1) is 11.1. The number of thioether (sulfide) groups is 1. The van der Waals surface area contributed by atoms with Crippen molar-refractivity contribution >= 4 is 17.7 Å². The highest BCUT2D eigenvalue weighted by molar-refractivity contribution is 7.99. The molecule has 1 aliphatic heterocycles. The smallest absolute Gasteiger partial charge is 0.288 e. The third-order valence-electron chi connectivity index (χ3n) is 3.61. The second-order valence-corrected chi connectivity index (χ2v) is 6.11. The van der Waals surface area contributed by atoms with E-state index < -0.39 is 5.76 Å². The van der Waals surface area contributed by atoms with Crippen LogP contribution in [0.15, 0.2) is 53.4 Å². The number of halogens is 2. The minimum atomic E-state index is -2.56. The number of ether oxygens (including phenoxy) is 1. The van der Waals surface area contributed by atoms with Gasteiger partial charge in [0.2, 0.25) is 0 Å². The van der Waals surface area contributed by atoms with Gasteiger partial charge in [0.15, 0.2) is 0 Å².